The van der Waals surface area contributed by atoms with Gasteiger partial charge in [0.25, 0.3) is 0 Å². The Bertz CT molecular complexity index is 840. The van der Waals surface area contributed by atoms with Gasteiger partial charge in [-0.1, -0.05) is 48.1 Å². The van der Waals surface area contributed by atoms with Crippen molar-refractivity contribution >= 4 is 28.4 Å². The van der Waals surface area contributed by atoms with Crippen molar-refractivity contribution in [3.05, 3.63) is 58.7 Å². The average Bonchev–Trinajstić information content (AvgIpc) is 2.52. The van der Waals surface area contributed by atoms with Gasteiger partial charge in [0, 0.05) is 6.42 Å². The van der Waals surface area contributed by atoms with Crippen LogP contribution in [0.4, 0.5) is 0 Å². The van der Waals surface area contributed by atoms with E-state index in [2.05, 4.69) is 42.5 Å². The van der Waals surface area contributed by atoms with E-state index in [1.165, 1.54) is 38.6 Å². The van der Waals surface area contributed by atoms with Gasteiger partial charge in [0.15, 0.2) is 0 Å². The van der Waals surface area contributed by atoms with Crippen LogP contribution in [0.25, 0.3) is 22.4 Å². The van der Waals surface area contributed by atoms with Crippen molar-refractivity contribution in [2.24, 2.45) is 0 Å². The smallest absolute Gasteiger partial charge is 0.303 e. The number of rotatable bonds is 4. The number of hydrogen-bond acceptors (Lipinski definition) is 1. The first-order valence-corrected chi connectivity index (χ1v) is 7.87. The standard InChI is InChI=1S/C20H18O2/c21-18(22)6-1-3-13-11-16-9-7-14-4-2-5-15-8-10-17(12-13)20(16)19(14)15/h2,4-5,7,9-11H,1,3,6,8,12H2,(H,21,22). The van der Waals surface area contributed by atoms with Crippen molar-refractivity contribution in [3.63, 3.8) is 0 Å². The van der Waals surface area contributed by atoms with Gasteiger partial charge in [-0.05, 0) is 58.7 Å². The fourth-order valence-electron chi connectivity index (χ4n) is 3.75. The normalized spacial score (nSPS) is 15.5. The van der Waals surface area contributed by atoms with Crippen LogP contribution < -0.4 is 0 Å². The Morgan fingerprint density at radius 1 is 1.18 bits per heavy atom. The third kappa shape index (κ3) is 2.16. The Morgan fingerprint density at radius 3 is 2.95 bits per heavy atom. The van der Waals surface area contributed by atoms with E-state index in [0.717, 1.165) is 25.7 Å². The fraction of sp³-hybridized carbons (Fsp3) is 0.250. The zero-order valence-electron chi connectivity index (χ0n) is 12.4. The second-order valence-corrected chi connectivity index (χ2v) is 6.21. The lowest BCUT2D eigenvalue weighted by atomic mass is 9.78. The van der Waals surface area contributed by atoms with E-state index in [1.54, 1.807) is 0 Å². The molecule has 0 unspecified atom stereocenters. The van der Waals surface area contributed by atoms with E-state index in [9.17, 15) is 4.79 Å². The number of aliphatic carboxylic acids is 1. The molecule has 22 heavy (non-hydrogen) atoms. The quantitative estimate of drug-likeness (QED) is 0.876. The average molecular weight is 290 g/mol. The second-order valence-electron chi connectivity index (χ2n) is 6.21. The molecule has 4 rings (SSSR count). The zero-order chi connectivity index (χ0) is 15.1. The Hall–Kier alpha value is -2.35. The van der Waals surface area contributed by atoms with E-state index >= 15 is 0 Å². The SMILES string of the molecule is O=C(O)CCCC1=Cc2ccc3cccc4c3c2C(=CC4)C1. The maximum atomic E-state index is 10.7. The van der Waals surface area contributed by atoms with Gasteiger partial charge >= 0.3 is 5.97 Å². The van der Waals surface area contributed by atoms with Crippen molar-refractivity contribution in [1.82, 2.24) is 0 Å². The number of carboxylic acids is 1. The van der Waals surface area contributed by atoms with Crippen molar-refractivity contribution < 1.29 is 9.90 Å². The zero-order valence-corrected chi connectivity index (χ0v) is 12.4. The predicted octanol–water partition coefficient (Wildman–Crippen LogP) is 4.82. The number of carboxylic acid groups (broad SMARTS) is 1. The van der Waals surface area contributed by atoms with E-state index in [-0.39, 0.29) is 6.42 Å². The Labute approximate surface area is 129 Å². The van der Waals surface area contributed by atoms with Crippen molar-refractivity contribution in [2.75, 3.05) is 0 Å². The van der Waals surface area contributed by atoms with Gasteiger partial charge in [-0.15, -0.1) is 0 Å². The third-order valence-corrected chi connectivity index (χ3v) is 4.72. The molecule has 2 aliphatic rings. The van der Waals surface area contributed by atoms with Gasteiger partial charge in [-0.2, -0.15) is 0 Å². The minimum Gasteiger partial charge on any atom is -0.481 e. The van der Waals surface area contributed by atoms with Crippen LogP contribution in [0.15, 0.2) is 42.0 Å². The molecule has 0 radical (unpaired) electrons. The largest absolute Gasteiger partial charge is 0.481 e. The Kier molecular flexibility index (Phi) is 3.11. The molecule has 0 spiro atoms. The van der Waals surface area contributed by atoms with Gasteiger partial charge < -0.3 is 5.11 Å². The lowest BCUT2D eigenvalue weighted by Crippen LogP contribution is -2.06. The van der Waals surface area contributed by atoms with Gasteiger partial charge in [0.1, 0.15) is 0 Å². The van der Waals surface area contributed by atoms with Crippen molar-refractivity contribution in [1.29, 1.82) is 0 Å². The van der Waals surface area contributed by atoms with Crippen LogP contribution in [0.5, 0.6) is 0 Å². The van der Waals surface area contributed by atoms with E-state index in [0.29, 0.717) is 0 Å². The maximum Gasteiger partial charge on any atom is 0.303 e. The van der Waals surface area contributed by atoms with E-state index < -0.39 is 5.97 Å². The third-order valence-electron chi connectivity index (χ3n) is 4.72. The monoisotopic (exact) mass is 290 g/mol. The minimum absolute atomic E-state index is 0.255. The van der Waals surface area contributed by atoms with Crippen LogP contribution in [-0.4, -0.2) is 11.1 Å². The molecule has 2 heteroatoms. The second kappa shape index (κ2) is 5.13. The Balaban J connectivity index is 1.76. The highest BCUT2D eigenvalue weighted by Crippen LogP contribution is 2.42. The highest BCUT2D eigenvalue weighted by atomic mass is 16.4. The summed E-state index contributed by atoms with van der Waals surface area (Å²) in [5.74, 6) is -0.704. The molecule has 2 aliphatic carbocycles. The van der Waals surface area contributed by atoms with Crippen molar-refractivity contribution in [2.45, 2.75) is 32.1 Å². The summed E-state index contributed by atoms with van der Waals surface area (Å²) >= 11 is 0. The molecule has 0 amide bonds. The maximum absolute atomic E-state index is 10.7. The topological polar surface area (TPSA) is 37.3 Å². The number of allylic oxidation sites excluding steroid dienone is 3. The number of carbonyl (C=O) groups is 1. The van der Waals surface area contributed by atoms with Gasteiger partial charge in [0.2, 0.25) is 0 Å². The summed E-state index contributed by atoms with van der Waals surface area (Å²) in [5, 5.41) is 11.5. The molecule has 0 fully saturated rings. The molecule has 0 bridgehead atoms. The highest BCUT2D eigenvalue weighted by Gasteiger charge is 2.21. The molecule has 0 saturated carbocycles. The molecule has 2 aromatic rings. The number of benzene rings is 2. The van der Waals surface area contributed by atoms with Crippen LogP contribution in [-0.2, 0) is 11.2 Å². The van der Waals surface area contributed by atoms with Crippen LogP contribution in [0, 0.1) is 0 Å². The molecular formula is C20H18O2. The minimum atomic E-state index is -0.704. The molecule has 110 valence electrons. The lowest BCUT2D eigenvalue weighted by molar-refractivity contribution is -0.137. The summed E-state index contributed by atoms with van der Waals surface area (Å²) in [6.07, 6.45) is 8.46. The summed E-state index contributed by atoms with van der Waals surface area (Å²) in [6.45, 7) is 0. The summed E-state index contributed by atoms with van der Waals surface area (Å²) in [4.78, 5) is 10.7. The van der Waals surface area contributed by atoms with Crippen LogP contribution >= 0.6 is 0 Å². The van der Waals surface area contributed by atoms with Crippen LogP contribution in [0.3, 0.4) is 0 Å². The van der Waals surface area contributed by atoms with Crippen LogP contribution in [0.2, 0.25) is 0 Å². The number of hydrogen-bond donors (Lipinski definition) is 1. The van der Waals surface area contributed by atoms with Crippen molar-refractivity contribution in [3.8, 4) is 0 Å². The van der Waals surface area contributed by atoms with Gasteiger partial charge in [-0.25, -0.2) is 0 Å². The Morgan fingerprint density at radius 2 is 2.09 bits per heavy atom. The molecule has 1 N–H and O–H groups in total. The highest BCUT2D eigenvalue weighted by molar-refractivity contribution is 6.03. The molecule has 0 aromatic heterocycles. The predicted molar refractivity (Wildman–Crippen MR) is 89.7 cm³/mol. The van der Waals surface area contributed by atoms with E-state index in [4.69, 9.17) is 5.11 Å². The molecule has 2 nitrogen and oxygen atoms in total. The molecule has 0 aliphatic heterocycles. The fourth-order valence-corrected chi connectivity index (χ4v) is 3.75. The first-order chi connectivity index (χ1) is 10.7. The summed E-state index contributed by atoms with van der Waals surface area (Å²) in [6, 6.07) is 11.0. The molecule has 2 aromatic carbocycles. The van der Waals surface area contributed by atoms with E-state index in [1.807, 2.05) is 0 Å². The van der Waals surface area contributed by atoms with Crippen LogP contribution in [0.1, 0.15) is 42.4 Å². The molecule has 0 atom stereocenters. The lowest BCUT2D eigenvalue weighted by Gasteiger charge is -2.26. The van der Waals surface area contributed by atoms with Gasteiger partial charge in [-0.3, -0.25) is 4.79 Å². The first-order valence-electron chi connectivity index (χ1n) is 7.87. The summed E-state index contributed by atoms with van der Waals surface area (Å²) in [7, 11) is 0. The molecular weight excluding hydrogens is 272 g/mol. The molecule has 0 heterocycles. The summed E-state index contributed by atoms with van der Waals surface area (Å²) < 4.78 is 0. The summed E-state index contributed by atoms with van der Waals surface area (Å²) in [5.41, 5.74) is 6.90. The molecule has 0 saturated heterocycles. The first kappa shape index (κ1) is 13.3. The van der Waals surface area contributed by atoms with Gasteiger partial charge in [0.05, 0.1) is 0 Å².